The predicted octanol–water partition coefficient (Wildman–Crippen LogP) is 2.21. The van der Waals surface area contributed by atoms with Crippen LogP contribution in [0.1, 0.15) is 30.9 Å². The topological polar surface area (TPSA) is 55.8 Å². The van der Waals surface area contributed by atoms with Gasteiger partial charge in [0.1, 0.15) is 13.2 Å². The summed E-state index contributed by atoms with van der Waals surface area (Å²) in [5.74, 6) is 0.0168. The van der Waals surface area contributed by atoms with Crippen LogP contribution in [0.2, 0.25) is 0 Å². The Kier molecular flexibility index (Phi) is 3.22. The van der Waals surface area contributed by atoms with Crippen LogP contribution in [0.5, 0.6) is 11.5 Å². The van der Waals surface area contributed by atoms with Crippen molar-refractivity contribution in [2.24, 2.45) is 0 Å². The van der Waals surface area contributed by atoms with Crippen LogP contribution in [-0.4, -0.2) is 24.3 Å². The average Bonchev–Trinajstić information content (AvgIpc) is 2.36. The lowest BCUT2D eigenvalue weighted by Gasteiger charge is -2.22. The van der Waals surface area contributed by atoms with E-state index >= 15 is 0 Å². The van der Waals surface area contributed by atoms with E-state index < -0.39 is 11.9 Å². The predicted molar refractivity (Wildman–Crippen MR) is 62.9 cm³/mol. The van der Waals surface area contributed by atoms with Gasteiger partial charge in [-0.2, -0.15) is 0 Å². The summed E-state index contributed by atoms with van der Waals surface area (Å²) in [6.07, 6.45) is 0.781. The van der Waals surface area contributed by atoms with Gasteiger partial charge < -0.3 is 14.6 Å². The minimum absolute atomic E-state index is 0.513. The van der Waals surface area contributed by atoms with E-state index in [1.165, 1.54) is 0 Å². The summed E-state index contributed by atoms with van der Waals surface area (Å²) < 4.78 is 11.0. The average molecular weight is 236 g/mol. The van der Waals surface area contributed by atoms with Gasteiger partial charge in [0.25, 0.3) is 0 Å². The van der Waals surface area contributed by atoms with Gasteiger partial charge in [-0.25, -0.2) is 0 Å². The van der Waals surface area contributed by atoms with Crippen molar-refractivity contribution < 1.29 is 19.4 Å². The van der Waals surface area contributed by atoms with Gasteiger partial charge in [-0.3, -0.25) is 4.79 Å². The van der Waals surface area contributed by atoms with Crippen LogP contribution in [0.4, 0.5) is 0 Å². The summed E-state index contributed by atoms with van der Waals surface area (Å²) in [6.45, 7) is 4.75. The number of hydrogen-bond donors (Lipinski definition) is 1. The van der Waals surface area contributed by atoms with Crippen LogP contribution in [0, 0.1) is 0 Å². The Morgan fingerprint density at radius 1 is 1.35 bits per heavy atom. The number of carboxylic acids is 1. The third-order valence-electron chi connectivity index (χ3n) is 3.02. The molecule has 1 aliphatic rings. The zero-order valence-corrected chi connectivity index (χ0v) is 10.0. The largest absolute Gasteiger partial charge is 0.486 e. The van der Waals surface area contributed by atoms with E-state index in [1.54, 1.807) is 13.0 Å². The molecular formula is C13H16O4. The molecule has 1 heterocycles. The first-order valence-electron chi connectivity index (χ1n) is 5.78. The van der Waals surface area contributed by atoms with Gasteiger partial charge in [0.05, 0.1) is 5.92 Å². The van der Waals surface area contributed by atoms with Gasteiger partial charge >= 0.3 is 5.97 Å². The zero-order chi connectivity index (χ0) is 12.4. The molecule has 1 aromatic rings. The van der Waals surface area contributed by atoms with Crippen molar-refractivity contribution in [2.75, 3.05) is 13.2 Å². The number of aliphatic carboxylic acids is 1. The molecule has 0 fully saturated rings. The van der Waals surface area contributed by atoms with Gasteiger partial charge in [0, 0.05) is 0 Å². The molecule has 0 aliphatic carbocycles. The fourth-order valence-corrected chi connectivity index (χ4v) is 1.99. The van der Waals surface area contributed by atoms with Crippen LogP contribution in [0.3, 0.4) is 0 Å². The molecule has 0 saturated heterocycles. The van der Waals surface area contributed by atoms with E-state index in [0.717, 1.165) is 23.3 Å². The van der Waals surface area contributed by atoms with E-state index in [4.69, 9.17) is 14.6 Å². The van der Waals surface area contributed by atoms with Crippen molar-refractivity contribution in [2.45, 2.75) is 26.2 Å². The summed E-state index contributed by atoms with van der Waals surface area (Å²) in [4.78, 5) is 11.1. The highest BCUT2D eigenvalue weighted by molar-refractivity contribution is 5.76. The number of carboxylic acid groups (broad SMARTS) is 1. The molecule has 17 heavy (non-hydrogen) atoms. The molecule has 0 spiro atoms. The van der Waals surface area contributed by atoms with E-state index in [1.807, 2.05) is 13.0 Å². The van der Waals surface area contributed by atoms with Gasteiger partial charge in [0.2, 0.25) is 0 Å². The number of ether oxygens (including phenoxy) is 2. The highest BCUT2D eigenvalue weighted by atomic mass is 16.6. The highest BCUT2D eigenvalue weighted by Gasteiger charge is 2.21. The van der Waals surface area contributed by atoms with Crippen molar-refractivity contribution in [3.8, 4) is 11.5 Å². The van der Waals surface area contributed by atoms with Gasteiger partial charge in [-0.15, -0.1) is 0 Å². The minimum Gasteiger partial charge on any atom is -0.486 e. The quantitative estimate of drug-likeness (QED) is 0.874. The summed E-state index contributed by atoms with van der Waals surface area (Å²) in [7, 11) is 0. The van der Waals surface area contributed by atoms with Gasteiger partial charge in [-0.05, 0) is 36.6 Å². The third kappa shape index (κ3) is 2.20. The molecule has 0 amide bonds. The van der Waals surface area contributed by atoms with Crippen molar-refractivity contribution in [1.29, 1.82) is 0 Å². The lowest BCUT2D eigenvalue weighted by molar-refractivity contribution is -0.138. The van der Waals surface area contributed by atoms with Crippen molar-refractivity contribution in [1.82, 2.24) is 0 Å². The maximum atomic E-state index is 11.1. The van der Waals surface area contributed by atoms with Crippen LogP contribution >= 0.6 is 0 Å². The second kappa shape index (κ2) is 4.65. The summed E-state index contributed by atoms with van der Waals surface area (Å²) in [5.41, 5.74) is 1.81. The smallest absolute Gasteiger partial charge is 0.310 e. The van der Waals surface area contributed by atoms with Crippen LogP contribution in [0.25, 0.3) is 0 Å². The summed E-state index contributed by atoms with van der Waals surface area (Å²) in [5, 5.41) is 9.09. The van der Waals surface area contributed by atoms with Crippen molar-refractivity contribution in [3.63, 3.8) is 0 Å². The molecule has 92 valence electrons. The van der Waals surface area contributed by atoms with E-state index in [2.05, 4.69) is 0 Å². The molecule has 1 aromatic carbocycles. The van der Waals surface area contributed by atoms with Crippen LogP contribution < -0.4 is 9.47 Å². The molecule has 4 heteroatoms. The monoisotopic (exact) mass is 236 g/mol. The Bertz CT molecular complexity index is 439. The fourth-order valence-electron chi connectivity index (χ4n) is 1.99. The zero-order valence-electron chi connectivity index (χ0n) is 10.0. The lowest BCUT2D eigenvalue weighted by Crippen LogP contribution is -2.17. The van der Waals surface area contributed by atoms with Crippen molar-refractivity contribution in [3.05, 3.63) is 23.3 Å². The van der Waals surface area contributed by atoms with Gasteiger partial charge in [0.15, 0.2) is 11.5 Å². The lowest BCUT2D eigenvalue weighted by atomic mass is 9.93. The Hall–Kier alpha value is -1.71. The minimum atomic E-state index is -0.823. The molecule has 0 bridgehead atoms. The summed E-state index contributed by atoms with van der Waals surface area (Å²) >= 11 is 0. The molecule has 1 atom stereocenters. The number of hydrogen-bond acceptors (Lipinski definition) is 3. The Labute approximate surface area is 100 Å². The Morgan fingerprint density at radius 3 is 2.47 bits per heavy atom. The van der Waals surface area contributed by atoms with Crippen LogP contribution in [-0.2, 0) is 11.2 Å². The first-order chi connectivity index (χ1) is 8.13. The molecule has 4 nitrogen and oxygen atoms in total. The second-order valence-corrected chi connectivity index (χ2v) is 4.11. The molecular weight excluding hydrogens is 220 g/mol. The van der Waals surface area contributed by atoms with Crippen molar-refractivity contribution >= 4 is 5.97 Å². The second-order valence-electron chi connectivity index (χ2n) is 4.11. The van der Waals surface area contributed by atoms with E-state index in [9.17, 15) is 4.79 Å². The number of carbonyl (C=O) groups is 1. The van der Waals surface area contributed by atoms with Crippen LogP contribution in [0.15, 0.2) is 12.1 Å². The Morgan fingerprint density at radius 2 is 1.94 bits per heavy atom. The molecule has 0 aromatic heterocycles. The fraction of sp³-hybridized carbons (Fsp3) is 0.462. The first kappa shape index (κ1) is 11.8. The highest BCUT2D eigenvalue weighted by Crippen LogP contribution is 2.36. The third-order valence-corrected chi connectivity index (χ3v) is 3.02. The molecule has 0 radical (unpaired) electrons. The normalized spacial score (nSPS) is 15.4. The molecule has 0 saturated carbocycles. The standard InChI is InChI=1S/C13H16O4/c1-3-9-6-11-12(17-5-4-16-11)7-10(9)8(2)13(14)15/h6-8H,3-5H2,1-2H3,(H,14,15). The number of benzene rings is 1. The summed E-state index contributed by atoms with van der Waals surface area (Å²) in [6, 6.07) is 3.69. The molecule has 2 rings (SSSR count). The number of fused-ring (bicyclic) bond motifs is 1. The number of rotatable bonds is 3. The maximum Gasteiger partial charge on any atom is 0.310 e. The molecule has 1 N–H and O–H groups in total. The first-order valence-corrected chi connectivity index (χ1v) is 5.78. The molecule has 1 unspecified atom stereocenters. The van der Waals surface area contributed by atoms with Gasteiger partial charge in [-0.1, -0.05) is 6.92 Å². The SMILES string of the molecule is CCc1cc2c(cc1C(C)C(=O)O)OCCO2. The number of aryl methyl sites for hydroxylation is 1. The molecule has 1 aliphatic heterocycles. The van der Waals surface area contributed by atoms with E-state index in [-0.39, 0.29) is 0 Å². The van der Waals surface area contributed by atoms with E-state index in [0.29, 0.717) is 19.0 Å². The Balaban J connectivity index is 2.46. The maximum absolute atomic E-state index is 11.1.